The van der Waals surface area contributed by atoms with Crippen molar-refractivity contribution in [3.8, 4) is 0 Å². The predicted octanol–water partition coefficient (Wildman–Crippen LogP) is 2.97. The summed E-state index contributed by atoms with van der Waals surface area (Å²) >= 11 is 1.65. The van der Waals surface area contributed by atoms with Gasteiger partial charge in [-0.3, -0.25) is 9.69 Å². The van der Waals surface area contributed by atoms with Gasteiger partial charge in [0.2, 0.25) is 5.91 Å². The minimum Gasteiger partial charge on any atom is -0.466 e. The van der Waals surface area contributed by atoms with Crippen LogP contribution in [0.1, 0.15) is 38.8 Å². The second kappa shape index (κ2) is 6.68. The molecule has 0 aliphatic carbocycles. The molecule has 2 rings (SSSR count). The lowest BCUT2D eigenvalue weighted by molar-refractivity contribution is -0.128. The molecule has 1 unspecified atom stereocenters. The summed E-state index contributed by atoms with van der Waals surface area (Å²) in [5, 5.41) is 0.0404. The van der Waals surface area contributed by atoms with Gasteiger partial charge in [0, 0.05) is 25.2 Å². The number of furan rings is 1. The Morgan fingerprint density at radius 3 is 2.65 bits per heavy atom. The van der Waals surface area contributed by atoms with Crippen molar-refractivity contribution in [2.45, 2.75) is 45.2 Å². The predicted molar refractivity (Wildman–Crippen MR) is 82.6 cm³/mol. The van der Waals surface area contributed by atoms with Crippen LogP contribution in [0.25, 0.3) is 0 Å². The average Bonchev–Trinajstić information content (AvgIpc) is 2.99. The molecule has 20 heavy (non-hydrogen) atoms. The molecule has 1 aliphatic rings. The molecule has 0 aromatic carbocycles. The Balaban J connectivity index is 2.01. The van der Waals surface area contributed by atoms with Crippen LogP contribution >= 0.6 is 11.8 Å². The molecule has 0 saturated carbocycles. The third-order valence-corrected chi connectivity index (χ3v) is 4.90. The lowest BCUT2D eigenvalue weighted by atomic mass is 10.2. The van der Waals surface area contributed by atoms with Gasteiger partial charge in [0.25, 0.3) is 0 Å². The molecule has 1 fully saturated rings. The highest BCUT2D eigenvalue weighted by molar-refractivity contribution is 8.00. The van der Waals surface area contributed by atoms with E-state index in [1.165, 1.54) is 0 Å². The molecule has 0 radical (unpaired) electrons. The van der Waals surface area contributed by atoms with Gasteiger partial charge in [-0.1, -0.05) is 0 Å². The van der Waals surface area contributed by atoms with Gasteiger partial charge in [-0.25, -0.2) is 0 Å². The second-order valence-electron chi connectivity index (χ2n) is 5.69. The van der Waals surface area contributed by atoms with Crippen molar-refractivity contribution in [3.05, 3.63) is 24.2 Å². The summed E-state index contributed by atoms with van der Waals surface area (Å²) in [5.41, 5.74) is 0. The fourth-order valence-electron chi connectivity index (χ4n) is 2.70. The van der Waals surface area contributed by atoms with E-state index >= 15 is 0 Å². The standard InChI is InChI=1S/C15H24N2O2S/c1-11(2)16(12(3)4)7-8-17-14(18)10-20-15(17)13-6-5-9-19-13/h5-6,9,11-12,15H,7-8,10H2,1-4H3. The van der Waals surface area contributed by atoms with Crippen LogP contribution < -0.4 is 0 Å². The van der Waals surface area contributed by atoms with E-state index in [4.69, 9.17) is 4.42 Å². The molecule has 0 spiro atoms. The number of carbonyl (C=O) groups excluding carboxylic acids is 1. The van der Waals surface area contributed by atoms with E-state index in [1.54, 1.807) is 18.0 Å². The van der Waals surface area contributed by atoms with E-state index in [1.807, 2.05) is 17.0 Å². The van der Waals surface area contributed by atoms with Gasteiger partial charge in [-0.15, -0.1) is 11.8 Å². The van der Waals surface area contributed by atoms with Crippen molar-refractivity contribution in [2.24, 2.45) is 0 Å². The average molecular weight is 296 g/mol. The number of thioether (sulfide) groups is 1. The molecule has 0 N–H and O–H groups in total. The SMILES string of the molecule is CC(C)N(CCN1C(=O)CSC1c1ccco1)C(C)C. The lowest BCUT2D eigenvalue weighted by Gasteiger charge is -2.33. The maximum atomic E-state index is 12.1. The van der Waals surface area contributed by atoms with Crippen molar-refractivity contribution in [1.29, 1.82) is 0 Å². The van der Waals surface area contributed by atoms with E-state index in [0.29, 0.717) is 17.8 Å². The summed E-state index contributed by atoms with van der Waals surface area (Å²) in [6.45, 7) is 10.5. The molecule has 112 valence electrons. The Kier molecular flexibility index (Phi) is 5.16. The highest BCUT2D eigenvalue weighted by Gasteiger charge is 2.34. The van der Waals surface area contributed by atoms with Crippen LogP contribution in [0.4, 0.5) is 0 Å². The number of hydrogen-bond donors (Lipinski definition) is 0. The quantitative estimate of drug-likeness (QED) is 0.808. The van der Waals surface area contributed by atoms with Crippen molar-refractivity contribution >= 4 is 17.7 Å². The monoisotopic (exact) mass is 296 g/mol. The fraction of sp³-hybridized carbons (Fsp3) is 0.667. The summed E-state index contributed by atoms with van der Waals surface area (Å²) in [5.74, 6) is 1.64. The summed E-state index contributed by atoms with van der Waals surface area (Å²) in [4.78, 5) is 16.4. The maximum absolute atomic E-state index is 12.1. The molecule has 1 atom stereocenters. The minimum absolute atomic E-state index is 0.0404. The third kappa shape index (κ3) is 3.38. The number of nitrogens with zero attached hydrogens (tertiary/aromatic N) is 2. The normalized spacial score (nSPS) is 19.9. The molecule has 1 aliphatic heterocycles. The first kappa shape index (κ1) is 15.4. The van der Waals surface area contributed by atoms with Crippen LogP contribution in [0, 0.1) is 0 Å². The van der Waals surface area contributed by atoms with Gasteiger partial charge in [0.05, 0.1) is 12.0 Å². The maximum Gasteiger partial charge on any atom is 0.233 e. The Hall–Kier alpha value is -0.940. The first-order valence-electron chi connectivity index (χ1n) is 7.21. The molecule has 1 saturated heterocycles. The van der Waals surface area contributed by atoms with Gasteiger partial charge in [0.1, 0.15) is 11.1 Å². The van der Waals surface area contributed by atoms with Gasteiger partial charge < -0.3 is 9.32 Å². The molecular weight excluding hydrogens is 272 g/mol. The van der Waals surface area contributed by atoms with Crippen LogP contribution in [0.3, 0.4) is 0 Å². The molecular formula is C15H24N2O2S. The van der Waals surface area contributed by atoms with Gasteiger partial charge in [-0.2, -0.15) is 0 Å². The number of amides is 1. The molecule has 0 bridgehead atoms. The van der Waals surface area contributed by atoms with E-state index < -0.39 is 0 Å². The van der Waals surface area contributed by atoms with Crippen LogP contribution in [0.15, 0.2) is 22.8 Å². The first-order valence-corrected chi connectivity index (χ1v) is 8.25. The molecule has 1 aromatic heterocycles. The summed E-state index contributed by atoms with van der Waals surface area (Å²) in [6, 6.07) is 4.81. The second-order valence-corrected chi connectivity index (χ2v) is 6.76. The first-order chi connectivity index (χ1) is 9.50. The molecule has 4 nitrogen and oxygen atoms in total. The van der Waals surface area contributed by atoms with Crippen LogP contribution in [-0.4, -0.2) is 46.6 Å². The Morgan fingerprint density at radius 2 is 2.10 bits per heavy atom. The van der Waals surface area contributed by atoms with Gasteiger partial charge in [0.15, 0.2) is 0 Å². The molecule has 1 aromatic rings. The van der Waals surface area contributed by atoms with Crippen molar-refractivity contribution in [1.82, 2.24) is 9.80 Å². The Labute approximate surface area is 125 Å². The largest absolute Gasteiger partial charge is 0.466 e. The zero-order valence-corrected chi connectivity index (χ0v) is 13.5. The third-order valence-electron chi connectivity index (χ3n) is 3.68. The Bertz CT molecular complexity index is 423. The van der Waals surface area contributed by atoms with E-state index in [-0.39, 0.29) is 11.3 Å². The van der Waals surface area contributed by atoms with Crippen molar-refractivity contribution in [3.63, 3.8) is 0 Å². The highest BCUT2D eigenvalue weighted by atomic mass is 32.2. The van der Waals surface area contributed by atoms with E-state index in [0.717, 1.165) is 18.8 Å². The minimum atomic E-state index is 0.0404. The van der Waals surface area contributed by atoms with Gasteiger partial charge >= 0.3 is 0 Å². The van der Waals surface area contributed by atoms with Gasteiger partial charge in [-0.05, 0) is 39.8 Å². The number of rotatable bonds is 6. The number of hydrogen-bond acceptors (Lipinski definition) is 4. The van der Waals surface area contributed by atoms with Crippen molar-refractivity contribution < 1.29 is 9.21 Å². The van der Waals surface area contributed by atoms with Crippen molar-refractivity contribution in [2.75, 3.05) is 18.8 Å². The summed E-state index contributed by atoms with van der Waals surface area (Å²) < 4.78 is 5.47. The summed E-state index contributed by atoms with van der Waals surface area (Å²) in [7, 11) is 0. The van der Waals surface area contributed by atoms with Crippen LogP contribution in [0.2, 0.25) is 0 Å². The molecule has 5 heteroatoms. The fourth-order valence-corrected chi connectivity index (χ4v) is 3.87. The van der Waals surface area contributed by atoms with Crippen LogP contribution in [0.5, 0.6) is 0 Å². The topological polar surface area (TPSA) is 36.7 Å². The highest BCUT2D eigenvalue weighted by Crippen LogP contribution is 2.38. The zero-order valence-electron chi connectivity index (χ0n) is 12.7. The van der Waals surface area contributed by atoms with E-state index in [2.05, 4.69) is 32.6 Å². The summed E-state index contributed by atoms with van der Waals surface area (Å²) in [6.07, 6.45) is 1.67. The number of carbonyl (C=O) groups is 1. The molecule has 2 heterocycles. The zero-order chi connectivity index (χ0) is 14.7. The van der Waals surface area contributed by atoms with Crippen LogP contribution in [-0.2, 0) is 4.79 Å². The smallest absolute Gasteiger partial charge is 0.233 e. The lowest BCUT2D eigenvalue weighted by Crippen LogP contribution is -2.43. The Morgan fingerprint density at radius 1 is 1.40 bits per heavy atom. The molecule has 1 amide bonds. The van der Waals surface area contributed by atoms with E-state index in [9.17, 15) is 4.79 Å².